The first-order chi connectivity index (χ1) is 11.5. The van der Waals surface area contributed by atoms with E-state index in [0.29, 0.717) is 11.1 Å². The number of ketones is 1. The molecular weight excluding hydrogens is 310 g/mol. The molecule has 122 valence electrons. The summed E-state index contributed by atoms with van der Waals surface area (Å²) in [6, 6.07) is 12.2. The van der Waals surface area contributed by atoms with Gasteiger partial charge in [-0.15, -0.1) is 0 Å². The van der Waals surface area contributed by atoms with E-state index in [4.69, 9.17) is 4.74 Å². The van der Waals surface area contributed by atoms with E-state index < -0.39 is 17.7 Å². The van der Waals surface area contributed by atoms with Crippen molar-refractivity contribution in [3.05, 3.63) is 65.2 Å². The number of ether oxygens (including phenoxy) is 1. The number of aromatic hydroxyl groups is 1. The van der Waals surface area contributed by atoms with Crippen molar-refractivity contribution in [1.29, 1.82) is 0 Å². The van der Waals surface area contributed by atoms with E-state index in [9.17, 15) is 19.8 Å². The van der Waals surface area contributed by atoms with Crippen molar-refractivity contribution >= 4 is 17.4 Å². The molecule has 6 nitrogen and oxygen atoms in total. The van der Waals surface area contributed by atoms with Gasteiger partial charge in [0.25, 0.3) is 11.7 Å². The van der Waals surface area contributed by atoms with E-state index in [-0.39, 0.29) is 22.8 Å². The lowest BCUT2D eigenvalue weighted by Crippen LogP contribution is -2.21. The zero-order valence-corrected chi connectivity index (χ0v) is 12.8. The number of benzene rings is 2. The summed E-state index contributed by atoms with van der Waals surface area (Å²) >= 11 is 0. The molecule has 0 aliphatic carbocycles. The van der Waals surface area contributed by atoms with Gasteiger partial charge in [-0.25, -0.2) is 0 Å². The smallest absolute Gasteiger partial charge is 0.293 e. The molecule has 0 aromatic heterocycles. The Morgan fingerprint density at radius 3 is 2.50 bits per heavy atom. The average molecular weight is 325 g/mol. The Kier molecular flexibility index (Phi) is 3.95. The van der Waals surface area contributed by atoms with Crippen molar-refractivity contribution < 1.29 is 24.5 Å². The molecule has 1 amide bonds. The van der Waals surface area contributed by atoms with Crippen LogP contribution in [-0.2, 0) is 9.59 Å². The normalized spacial score (nSPS) is 19.1. The fourth-order valence-corrected chi connectivity index (χ4v) is 2.64. The number of phenolic OH excluding ortho intramolecular Hbond substituents is 1. The molecule has 2 aromatic carbocycles. The molecule has 0 radical (unpaired) electrons. The van der Waals surface area contributed by atoms with Crippen LogP contribution >= 0.6 is 0 Å². The molecule has 3 rings (SSSR count). The Balaban J connectivity index is 2.13. The molecule has 0 bridgehead atoms. The molecule has 1 atom stereocenters. The van der Waals surface area contributed by atoms with Gasteiger partial charge in [-0.05, 0) is 17.7 Å². The molecule has 1 aliphatic rings. The summed E-state index contributed by atoms with van der Waals surface area (Å²) in [4.78, 5) is 24.1. The van der Waals surface area contributed by atoms with Gasteiger partial charge >= 0.3 is 0 Å². The van der Waals surface area contributed by atoms with Gasteiger partial charge in [0.2, 0.25) is 0 Å². The molecule has 1 fully saturated rings. The number of aliphatic hydroxyl groups is 1. The third-order valence-corrected chi connectivity index (χ3v) is 3.85. The summed E-state index contributed by atoms with van der Waals surface area (Å²) in [6.07, 6.45) is 0. The van der Waals surface area contributed by atoms with Gasteiger partial charge in [0, 0.05) is 5.56 Å². The molecule has 2 aromatic rings. The molecule has 24 heavy (non-hydrogen) atoms. The van der Waals surface area contributed by atoms with Gasteiger partial charge in [0.05, 0.1) is 18.7 Å². The van der Waals surface area contributed by atoms with E-state index in [0.717, 1.165) is 0 Å². The number of carbonyl (C=O) groups excluding carboxylic acids is 2. The maximum atomic E-state index is 12.2. The van der Waals surface area contributed by atoms with E-state index in [1.807, 2.05) is 0 Å². The maximum Gasteiger partial charge on any atom is 0.293 e. The fraction of sp³-hybridized carbons (Fsp3) is 0.111. The largest absolute Gasteiger partial charge is 0.507 e. The van der Waals surface area contributed by atoms with Crippen molar-refractivity contribution in [3.8, 4) is 11.5 Å². The summed E-state index contributed by atoms with van der Waals surface area (Å²) < 4.78 is 5.05. The topological polar surface area (TPSA) is 95.9 Å². The molecule has 6 heteroatoms. The highest BCUT2D eigenvalue weighted by Gasteiger charge is 2.39. The SMILES string of the molecule is COc1cc([C@H]2NC(=O)C(=O)C2=C(O)c2ccccc2)ccc1O. The number of hydrogen-bond donors (Lipinski definition) is 3. The van der Waals surface area contributed by atoms with Gasteiger partial charge in [-0.3, -0.25) is 9.59 Å². The number of nitrogens with one attached hydrogen (secondary N) is 1. The Labute approximate surface area is 138 Å². The first-order valence-corrected chi connectivity index (χ1v) is 7.23. The summed E-state index contributed by atoms with van der Waals surface area (Å²) in [6.45, 7) is 0. The lowest BCUT2D eigenvalue weighted by atomic mass is 9.95. The van der Waals surface area contributed by atoms with Crippen LogP contribution in [0.1, 0.15) is 17.2 Å². The predicted molar refractivity (Wildman–Crippen MR) is 86.5 cm³/mol. The highest BCUT2D eigenvalue weighted by molar-refractivity contribution is 6.46. The van der Waals surface area contributed by atoms with Gasteiger partial charge in [-0.1, -0.05) is 36.4 Å². The van der Waals surface area contributed by atoms with Gasteiger partial charge in [-0.2, -0.15) is 0 Å². The predicted octanol–water partition coefficient (Wildman–Crippen LogP) is 2.11. The zero-order chi connectivity index (χ0) is 17.3. The van der Waals surface area contributed by atoms with Crippen LogP contribution in [0.15, 0.2) is 54.1 Å². The third-order valence-electron chi connectivity index (χ3n) is 3.85. The van der Waals surface area contributed by atoms with Crippen LogP contribution in [0.4, 0.5) is 0 Å². The quantitative estimate of drug-likeness (QED) is 0.456. The standard InChI is InChI=1S/C18H15NO5/c1-24-13-9-11(7-8-12(13)20)15-14(17(22)18(23)19-15)16(21)10-5-3-2-4-6-10/h2-9,15,20-21H,1H3,(H,19,23)/t15-/m1/s1. The van der Waals surface area contributed by atoms with Crippen LogP contribution in [0.5, 0.6) is 11.5 Å². The second kappa shape index (κ2) is 6.08. The first kappa shape index (κ1) is 15.6. The zero-order valence-electron chi connectivity index (χ0n) is 12.8. The minimum Gasteiger partial charge on any atom is -0.507 e. The van der Waals surface area contributed by atoms with Crippen molar-refractivity contribution in [2.75, 3.05) is 7.11 Å². The van der Waals surface area contributed by atoms with E-state index in [1.165, 1.54) is 19.2 Å². The number of aliphatic hydroxyl groups excluding tert-OH is 1. The molecule has 0 unspecified atom stereocenters. The number of Topliss-reactive ketones (excluding diaryl/α,β-unsaturated/α-hetero) is 1. The Hall–Kier alpha value is -3.28. The number of carbonyl (C=O) groups is 2. The van der Waals surface area contributed by atoms with Crippen LogP contribution in [0.3, 0.4) is 0 Å². The van der Waals surface area contributed by atoms with Crippen LogP contribution in [0, 0.1) is 0 Å². The number of methoxy groups -OCH3 is 1. The lowest BCUT2D eigenvalue weighted by Gasteiger charge is -2.15. The highest BCUT2D eigenvalue weighted by Crippen LogP contribution is 2.36. The number of amides is 1. The lowest BCUT2D eigenvalue weighted by molar-refractivity contribution is -0.133. The van der Waals surface area contributed by atoms with Crippen molar-refractivity contribution in [1.82, 2.24) is 5.32 Å². The van der Waals surface area contributed by atoms with E-state index in [2.05, 4.69) is 5.32 Å². The molecule has 1 heterocycles. The van der Waals surface area contributed by atoms with Crippen LogP contribution in [0.2, 0.25) is 0 Å². The van der Waals surface area contributed by atoms with Crippen LogP contribution in [0.25, 0.3) is 5.76 Å². The summed E-state index contributed by atoms with van der Waals surface area (Å²) in [5.74, 6) is -1.68. The summed E-state index contributed by atoms with van der Waals surface area (Å²) in [5.41, 5.74) is 0.924. The van der Waals surface area contributed by atoms with Crippen molar-refractivity contribution in [3.63, 3.8) is 0 Å². The molecule has 1 aliphatic heterocycles. The molecule has 0 saturated carbocycles. The molecule has 3 N–H and O–H groups in total. The number of hydrogen-bond acceptors (Lipinski definition) is 5. The average Bonchev–Trinajstić information content (AvgIpc) is 2.90. The van der Waals surface area contributed by atoms with E-state index in [1.54, 1.807) is 36.4 Å². The fourth-order valence-electron chi connectivity index (χ4n) is 2.64. The van der Waals surface area contributed by atoms with E-state index >= 15 is 0 Å². The number of phenols is 1. The van der Waals surface area contributed by atoms with Crippen molar-refractivity contribution in [2.24, 2.45) is 0 Å². The monoisotopic (exact) mass is 325 g/mol. The molecule has 1 saturated heterocycles. The summed E-state index contributed by atoms with van der Waals surface area (Å²) in [5, 5.41) is 22.7. The van der Waals surface area contributed by atoms with Crippen LogP contribution < -0.4 is 10.1 Å². The molecule has 0 spiro atoms. The summed E-state index contributed by atoms with van der Waals surface area (Å²) in [7, 11) is 1.40. The van der Waals surface area contributed by atoms with Gasteiger partial charge in [0.15, 0.2) is 11.5 Å². The Morgan fingerprint density at radius 2 is 1.83 bits per heavy atom. The highest BCUT2D eigenvalue weighted by atomic mass is 16.5. The number of rotatable bonds is 3. The third kappa shape index (κ3) is 2.58. The Morgan fingerprint density at radius 1 is 1.12 bits per heavy atom. The second-order valence-electron chi connectivity index (χ2n) is 5.30. The minimum absolute atomic E-state index is 0.0288. The first-order valence-electron chi connectivity index (χ1n) is 7.23. The maximum absolute atomic E-state index is 12.2. The van der Waals surface area contributed by atoms with Gasteiger partial charge < -0.3 is 20.3 Å². The van der Waals surface area contributed by atoms with Crippen LogP contribution in [-0.4, -0.2) is 29.0 Å². The second-order valence-corrected chi connectivity index (χ2v) is 5.30. The Bertz CT molecular complexity index is 842. The molecular formula is C18H15NO5. The van der Waals surface area contributed by atoms with Gasteiger partial charge in [0.1, 0.15) is 5.76 Å². The van der Waals surface area contributed by atoms with Crippen molar-refractivity contribution in [2.45, 2.75) is 6.04 Å². The minimum atomic E-state index is -0.820.